The van der Waals surface area contributed by atoms with Gasteiger partial charge in [-0.05, 0) is 71.6 Å². The van der Waals surface area contributed by atoms with E-state index in [0.717, 1.165) is 19.4 Å². The van der Waals surface area contributed by atoms with E-state index >= 15 is 0 Å². The van der Waals surface area contributed by atoms with E-state index < -0.39 is 0 Å². The third-order valence-corrected chi connectivity index (χ3v) is 6.72. The molecular weight excluding hydrogens is 362 g/mol. The summed E-state index contributed by atoms with van der Waals surface area (Å²) in [5, 5.41) is 0. The molecule has 3 aromatic rings. The molecule has 1 nitrogen and oxygen atoms in total. The van der Waals surface area contributed by atoms with Crippen LogP contribution in [-0.2, 0) is 18.4 Å². The second kappa shape index (κ2) is 8.30. The van der Waals surface area contributed by atoms with E-state index in [1.165, 1.54) is 33.5 Å². The van der Waals surface area contributed by atoms with Gasteiger partial charge in [0.25, 0.3) is 0 Å². The van der Waals surface area contributed by atoms with E-state index in [9.17, 15) is 0 Å². The Labute approximate surface area is 182 Å². The average molecular weight is 398 g/mol. The Morgan fingerprint density at radius 2 is 1.50 bits per heavy atom. The van der Waals surface area contributed by atoms with Gasteiger partial charge < -0.3 is 4.90 Å². The number of rotatable bonds is 5. The van der Waals surface area contributed by atoms with Crippen molar-refractivity contribution in [1.82, 2.24) is 0 Å². The van der Waals surface area contributed by atoms with Gasteiger partial charge in [-0.1, -0.05) is 88.4 Å². The van der Waals surface area contributed by atoms with Gasteiger partial charge in [-0.3, -0.25) is 0 Å². The van der Waals surface area contributed by atoms with Gasteiger partial charge in [-0.25, -0.2) is 0 Å². The fourth-order valence-electron chi connectivity index (χ4n) is 4.99. The van der Waals surface area contributed by atoms with Gasteiger partial charge in [-0.15, -0.1) is 0 Å². The van der Waals surface area contributed by atoms with E-state index in [0.29, 0.717) is 11.8 Å². The molecule has 1 atom stereocenters. The largest absolute Gasteiger partial charge is 0.358 e. The van der Waals surface area contributed by atoms with Crippen molar-refractivity contribution in [3.05, 3.63) is 101 Å². The minimum absolute atomic E-state index is 0.177. The molecule has 0 bridgehead atoms. The first-order valence-electron chi connectivity index (χ1n) is 11.4. The lowest BCUT2D eigenvalue weighted by atomic mass is 9.76. The summed E-state index contributed by atoms with van der Waals surface area (Å²) in [6, 6.07) is 27.6. The van der Waals surface area contributed by atoms with Gasteiger partial charge in [0.1, 0.15) is 0 Å². The molecule has 1 heterocycles. The summed E-state index contributed by atoms with van der Waals surface area (Å²) in [6.45, 7) is 12.5. The van der Waals surface area contributed by atoms with Crippen LogP contribution in [0.4, 0.5) is 5.69 Å². The smallest absolute Gasteiger partial charge is 0.0880 e. The number of fused-ring (bicyclic) bond motifs is 1. The summed E-state index contributed by atoms with van der Waals surface area (Å²) in [7, 11) is 0. The molecule has 3 aromatic carbocycles. The summed E-state index contributed by atoms with van der Waals surface area (Å²) in [6.07, 6.45) is 2.22. The summed E-state index contributed by atoms with van der Waals surface area (Å²) in [5.74, 6) is 1.23. The molecule has 0 saturated heterocycles. The molecule has 1 aliphatic heterocycles. The highest BCUT2D eigenvalue weighted by Crippen LogP contribution is 2.43. The van der Waals surface area contributed by atoms with Gasteiger partial charge in [0.15, 0.2) is 0 Å². The van der Waals surface area contributed by atoms with Crippen LogP contribution in [0.25, 0.3) is 0 Å². The maximum absolute atomic E-state index is 2.61. The second-order valence-corrected chi connectivity index (χ2v) is 9.67. The van der Waals surface area contributed by atoms with E-state index in [-0.39, 0.29) is 5.54 Å². The first-order chi connectivity index (χ1) is 14.4. The summed E-state index contributed by atoms with van der Waals surface area (Å²) in [4.78, 5) is 2.61. The van der Waals surface area contributed by atoms with E-state index in [4.69, 9.17) is 0 Å². The van der Waals surface area contributed by atoms with Crippen molar-refractivity contribution in [2.45, 2.75) is 58.9 Å². The molecule has 0 aliphatic carbocycles. The van der Waals surface area contributed by atoms with Crippen molar-refractivity contribution in [3.63, 3.8) is 0 Å². The lowest BCUT2D eigenvalue weighted by molar-refractivity contribution is 0.489. The molecule has 1 unspecified atom stereocenters. The van der Waals surface area contributed by atoms with Crippen molar-refractivity contribution in [1.29, 1.82) is 0 Å². The quantitative estimate of drug-likeness (QED) is 0.435. The first kappa shape index (κ1) is 20.7. The second-order valence-electron chi connectivity index (χ2n) is 9.67. The monoisotopic (exact) mass is 397 g/mol. The Hall–Kier alpha value is -2.54. The molecule has 1 aliphatic rings. The molecule has 1 heteroatoms. The van der Waals surface area contributed by atoms with Crippen LogP contribution in [0.15, 0.2) is 72.8 Å². The van der Waals surface area contributed by atoms with Crippen LogP contribution in [0.5, 0.6) is 0 Å². The maximum atomic E-state index is 2.61. The Kier molecular flexibility index (Phi) is 5.73. The lowest BCUT2D eigenvalue weighted by Crippen LogP contribution is -2.49. The summed E-state index contributed by atoms with van der Waals surface area (Å²) in [5.41, 5.74) is 8.23. The van der Waals surface area contributed by atoms with Gasteiger partial charge >= 0.3 is 0 Å². The van der Waals surface area contributed by atoms with E-state index in [2.05, 4.69) is 112 Å². The first-order valence-corrected chi connectivity index (χ1v) is 11.4. The molecule has 0 amide bonds. The molecular formula is C29H35N. The predicted octanol–water partition coefficient (Wildman–Crippen LogP) is 7.33. The lowest BCUT2D eigenvalue weighted by Gasteiger charge is -2.48. The zero-order valence-electron chi connectivity index (χ0n) is 19.2. The Morgan fingerprint density at radius 3 is 2.13 bits per heavy atom. The molecule has 0 N–H and O–H groups in total. The van der Waals surface area contributed by atoms with Crippen molar-refractivity contribution in [3.8, 4) is 0 Å². The average Bonchev–Trinajstić information content (AvgIpc) is 2.74. The highest BCUT2D eigenvalue weighted by atomic mass is 15.2. The Bertz CT molecular complexity index is 982. The molecule has 30 heavy (non-hydrogen) atoms. The van der Waals surface area contributed by atoms with Crippen LogP contribution in [0.1, 0.15) is 68.4 Å². The fourth-order valence-corrected chi connectivity index (χ4v) is 4.99. The Morgan fingerprint density at radius 1 is 0.833 bits per heavy atom. The zero-order chi connectivity index (χ0) is 21.3. The van der Waals surface area contributed by atoms with Gasteiger partial charge in [0.2, 0.25) is 0 Å². The topological polar surface area (TPSA) is 3.24 Å². The minimum atomic E-state index is -0.177. The van der Waals surface area contributed by atoms with Gasteiger partial charge in [0.05, 0.1) is 5.54 Å². The molecule has 156 valence electrons. The van der Waals surface area contributed by atoms with E-state index in [1.807, 2.05) is 0 Å². The summed E-state index contributed by atoms with van der Waals surface area (Å²) >= 11 is 0. The van der Waals surface area contributed by atoms with Crippen molar-refractivity contribution in [2.75, 3.05) is 11.4 Å². The number of anilines is 1. The highest BCUT2D eigenvalue weighted by molar-refractivity contribution is 5.60. The minimum Gasteiger partial charge on any atom is -0.358 e. The fraction of sp³-hybridized carbons (Fsp3) is 0.379. The SMILES string of the molecule is CC(C)Cc1ccc(N2CCc3ccccc3C2(C)c2ccc(C(C)C)cc2)cc1. The van der Waals surface area contributed by atoms with Crippen LogP contribution < -0.4 is 4.90 Å². The van der Waals surface area contributed by atoms with Crippen molar-refractivity contribution >= 4 is 5.69 Å². The summed E-state index contributed by atoms with van der Waals surface area (Å²) < 4.78 is 0. The normalized spacial score (nSPS) is 18.7. The molecule has 0 spiro atoms. The number of hydrogen-bond donors (Lipinski definition) is 0. The maximum Gasteiger partial charge on any atom is 0.0880 e. The molecule has 0 radical (unpaired) electrons. The Balaban J connectivity index is 1.79. The van der Waals surface area contributed by atoms with Gasteiger partial charge in [-0.2, -0.15) is 0 Å². The molecule has 0 fully saturated rings. The number of benzene rings is 3. The van der Waals surface area contributed by atoms with Gasteiger partial charge in [0, 0.05) is 12.2 Å². The predicted molar refractivity (Wildman–Crippen MR) is 129 cm³/mol. The molecule has 0 saturated carbocycles. The van der Waals surface area contributed by atoms with Crippen LogP contribution in [0, 0.1) is 5.92 Å². The zero-order valence-corrected chi connectivity index (χ0v) is 19.2. The molecule has 4 rings (SSSR count). The van der Waals surface area contributed by atoms with Crippen LogP contribution in [0.3, 0.4) is 0 Å². The highest BCUT2D eigenvalue weighted by Gasteiger charge is 2.40. The van der Waals surface area contributed by atoms with Crippen molar-refractivity contribution < 1.29 is 0 Å². The third kappa shape index (κ3) is 3.78. The number of hydrogen-bond acceptors (Lipinski definition) is 1. The van der Waals surface area contributed by atoms with Crippen LogP contribution >= 0.6 is 0 Å². The number of nitrogens with zero attached hydrogens (tertiary/aromatic N) is 1. The standard InChI is InChI=1S/C29H35N/c1-21(2)20-23-10-16-27(17-11-23)30-19-18-25-8-6-7-9-28(25)29(30,5)26-14-12-24(13-15-26)22(3)4/h6-17,21-22H,18-20H2,1-5H3. The van der Waals surface area contributed by atoms with Crippen LogP contribution in [-0.4, -0.2) is 6.54 Å². The van der Waals surface area contributed by atoms with Crippen molar-refractivity contribution in [2.24, 2.45) is 5.92 Å². The third-order valence-electron chi connectivity index (χ3n) is 6.72. The van der Waals surface area contributed by atoms with E-state index in [1.54, 1.807) is 0 Å². The molecule has 0 aromatic heterocycles. The van der Waals surface area contributed by atoms with Crippen LogP contribution in [0.2, 0.25) is 0 Å².